The normalized spacial score (nSPS) is 16.1. The van der Waals surface area contributed by atoms with Crippen LogP contribution in [-0.4, -0.2) is 41.2 Å². The van der Waals surface area contributed by atoms with E-state index in [2.05, 4.69) is 18.7 Å². The number of fused-ring (bicyclic) bond motifs is 1. The van der Waals surface area contributed by atoms with Crippen LogP contribution in [0.4, 0.5) is 14.6 Å². The van der Waals surface area contributed by atoms with E-state index in [1.165, 1.54) is 19.2 Å². The van der Waals surface area contributed by atoms with Crippen LogP contribution in [0, 0.1) is 24.0 Å². The van der Waals surface area contributed by atoms with Gasteiger partial charge < -0.3 is 14.4 Å². The Hall–Kier alpha value is -3.78. The molecule has 6 nitrogen and oxygen atoms in total. The van der Waals surface area contributed by atoms with Crippen LogP contribution >= 0.6 is 0 Å². The Morgan fingerprint density at radius 2 is 1.71 bits per heavy atom. The number of hydrogen-bond donors (Lipinski definition) is 0. The predicted octanol–water partition coefficient (Wildman–Crippen LogP) is 7.91. The summed E-state index contributed by atoms with van der Waals surface area (Å²) < 4.78 is 41.8. The van der Waals surface area contributed by atoms with Gasteiger partial charge in [-0.3, -0.25) is 4.40 Å². The number of carbonyl (C=O) groups excluding carboxylic acids is 1. The largest absolute Gasteiger partial charge is 0.467 e. The van der Waals surface area contributed by atoms with E-state index in [1.54, 1.807) is 6.07 Å². The van der Waals surface area contributed by atoms with Crippen LogP contribution in [0.5, 0.6) is 0 Å². The van der Waals surface area contributed by atoms with Gasteiger partial charge in [0.2, 0.25) is 0 Å². The molecule has 1 aliphatic rings. The number of imidazole rings is 1. The summed E-state index contributed by atoms with van der Waals surface area (Å²) in [5, 5.41) is 0. The molecule has 1 saturated heterocycles. The van der Waals surface area contributed by atoms with E-state index in [4.69, 9.17) is 14.5 Å². The fraction of sp³-hybridized carbons (Fsp3) is 0.412. The molecule has 8 heteroatoms. The highest BCUT2D eigenvalue weighted by atomic mass is 19.1. The number of aryl methyl sites for hydroxylation is 1. The molecule has 2 aromatic heterocycles. The predicted molar refractivity (Wildman–Crippen MR) is 162 cm³/mol. The molecular weight excluding hydrogens is 536 g/mol. The zero-order chi connectivity index (χ0) is 30.4. The molecule has 0 spiro atoms. The Bertz CT molecular complexity index is 1630. The van der Waals surface area contributed by atoms with Gasteiger partial charge >= 0.3 is 5.97 Å². The fourth-order valence-corrected chi connectivity index (χ4v) is 5.61. The van der Waals surface area contributed by atoms with Crippen molar-refractivity contribution >= 4 is 17.4 Å². The van der Waals surface area contributed by atoms with Gasteiger partial charge in [0.1, 0.15) is 23.1 Å². The van der Waals surface area contributed by atoms with Gasteiger partial charge in [-0.1, -0.05) is 32.0 Å². The van der Waals surface area contributed by atoms with Crippen molar-refractivity contribution in [3.05, 3.63) is 77.5 Å². The molecule has 4 aromatic rings. The first-order chi connectivity index (χ1) is 19.8. The van der Waals surface area contributed by atoms with Crippen molar-refractivity contribution in [2.75, 3.05) is 25.1 Å². The Morgan fingerprint density at radius 3 is 2.36 bits per heavy atom. The Morgan fingerprint density at radius 1 is 1.02 bits per heavy atom. The summed E-state index contributed by atoms with van der Waals surface area (Å²) in [7, 11) is 1.38. The molecule has 1 unspecified atom stereocenters. The van der Waals surface area contributed by atoms with Crippen molar-refractivity contribution in [1.29, 1.82) is 0 Å². The topological polar surface area (TPSA) is 56.1 Å². The van der Waals surface area contributed by atoms with Crippen LogP contribution < -0.4 is 4.90 Å². The molecule has 5 rings (SSSR count). The highest BCUT2D eigenvalue weighted by molar-refractivity contribution is 5.81. The molecule has 222 valence electrons. The van der Waals surface area contributed by atoms with Crippen LogP contribution in [0.25, 0.3) is 28.0 Å². The average Bonchev–Trinajstić information content (AvgIpc) is 3.34. The highest BCUT2D eigenvalue weighted by Crippen LogP contribution is 2.40. The molecule has 0 N–H and O–H groups in total. The molecule has 1 fully saturated rings. The van der Waals surface area contributed by atoms with E-state index in [1.807, 2.05) is 62.6 Å². The molecule has 0 amide bonds. The molecule has 0 radical (unpaired) electrons. The second-order valence-corrected chi connectivity index (χ2v) is 12.9. The number of pyridine rings is 1. The number of piperidine rings is 1. The van der Waals surface area contributed by atoms with Crippen molar-refractivity contribution in [2.24, 2.45) is 5.41 Å². The van der Waals surface area contributed by atoms with Crippen molar-refractivity contribution in [3.63, 3.8) is 0 Å². The fourth-order valence-electron chi connectivity index (χ4n) is 5.61. The quantitative estimate of drug-likeness (QED) is 0.219. The molecule has 0 saturated carbocycles. The first kappa shape index (κ1) is 29.7. The third-order valence-electron chi connectivity index (χ3n) is 7.94. The molecular formula is C34H39F2N3O3. The number of esters is 1. The number of aromatic nitrogens is 2. The lowest BCUT2D eigenvalue weighted by atomic mass is 9.82. The van der Waals surface area contributed by atoms with Gasteiger partial charge in [0.25, 0.3) is 0 Å². The van der Waals surface area contributed by atoms with Gasteiger partial charge in [0.05, 0.1) is 18.4 Å². The van der Waals surface area contributed by atoms with Gasteiger partial charge in [-0.2, -0.15) is 0 Å². The van der Waals surface area contributed by atoms with Crippen LogP contribution in [0.15, 0.2) is 54.7 Å². The standard InChI is InChI=1S/C34H39F2N3O3/c1-21-17-28-37-27(23-10-8-9-22(18-23)25-12-11-24(35)19-26(25)36)20-39(28)31(38-15-13-34(5,6)14-16-38)29(21)30(32(40)41-7)42-33(2,3)4/h8-12,17-20,30H,13-16H2,1-7H3. The number of carbonyl (C=O) groups is 1. The van der Waals surface area contributed by atoms with Crippen LogP contribution in [-0.2, 0) is 14.3 Å². The molecule has 0 bridgehead atoms. The number of ether oxygens (including phenoxy) is 2. The van der Waals surface area contributed by atoms with Crippen LogP contribution in [0.2, 0.25) is 0 Å². The number of benzene rings is 2. The summed E-state index contributed by atoms with van der Waals surface area (Å²) in [6.45, 7) is 13.9. The molecule has 42 heavy (non-hydrogen) atoms. The van der Waals surface area contributed by atoms with Gasteiger partial charge in [0.15, 0.2) is 6.10 Å². The maximum absolute atomic E-state index is 14.6. The van der Waals surface area contributed by atoms with Crippen molar-refractivity contribution < 1.29 is 23.0 Å². The number of rotatable bonds is 6. The molecule has 3 heterocycles. The minimum Gasteiger partial charge on any atom is -0.467 e. The van der Waals surface area contributed by atoms with E-state index >= 15 is 0 Å². The second kappa shape index (κ2) is 11.1. The number of halogens is 2. The summed E-state index contributed by atoms with van der Waals surface area (Å²) in [6.07, 6.45) is 3.02. The van der Waals surface area contributed by atoms with E-state index in [9.17, 15) is 13.6 Å². The minimum absolute atomic E-state index is 0.222. The van der Waals surface area contributed by atoms with Crippen LogP contribution in [0.1, 0.15) is 64.7 Å². The summed E-state index contributed by atoms with van der Waals surface area (Å²) >= 11 is 0. The van der Waals surface area contributed by atoms with Gasteiger partial charge in [0, 0.05) is 42.0 Å². The highest BCUT2D eigenvalue weighted by Gasteiger charge is 2.36. The van der Waals surface area contributed by atoms with E-state index in [-0.39, 0.29) is 5.41 Å². The molecule has 2 aromatic carbocycles. The Labute approximate surface area is 246 Å². The second-order valence-electron chi connectivity index (χ2n) is 12.9. The summed E-state index contributed by atoms with van der Waals surface area (Å²) in [5.74, 6) is -0.835. The number of methoxy groups -OCH3 is 1. The zero-order valence-corrected chi connectivity index (χ0v) is 25.4. The van der Waals surface area contributed by atoms with E-state index < -0.39 is 29.3 Å². The first-order valence-electron chi connectivity index (χ1n) is 14.4. The van der Waals surface area contributed by atoms with Crippen molar-refractivity contribution in [1.82, 2.24) is 9.38 Å². The zero-order valence-electron chi connectivity index (χ0n) is 25.4. The maximum Gasteiger partial charge on any atom is 0.339 e. The minimum atomic E-state index is -0.931. The first-order valence-corrected chi connectivity index (χ1v) is 14.4. The smallest absolute Gasteiger partial charge is 0.339 e. The molecule has 1 aliphatic heterocycles. The lowest BCUT2D eigenvalue weighted by Crippen LogP contribution is -2.40. The van der Waals surface area contributed by atoms with Crippen molar-refractivity contribution in [2.45, 2.75) is 66.1 Å². The average molecular weight is 576 g/mol. The number of anilines is 1. The summed E-state index contributed by atoms with van der Waals surface area (Å²) in [4.78, 5) is 20.5. The Kier molecular flexibility index (Phi) is 7.88. The number of nitrogens with zero attached hydrogens (tertiary/aromatic N) is 3. The van der Waals surface area contributed by atoms with Crippen LogP contribution in [0.3, 0.4) is 0 Å². The SMILES string of the molecule is COC(=O)C(OC(C)(C)C)c1c(C)cc2nc(-c3cccc(-c4ccc(F)cc4F)c3)cn2c1N1CCC(C)(C)CC1. The lowest BCUT2D eigenvalue weighted by Gasteiger charge is -2.40. The maximum atomic E-state index is 14.6. The third-order valence-corrected chi connectivity index (χ3v) is 7.94. The van der Waals surface area contributed by atoms with E-state index in [0.29, 0.717) is 16.8 Å². The third kappa shape index (κ3) is 6.04. The van der Waals surface area contributed by atoms with E-state index in [0.717, 1.165) is 60.2 Å². The number of hydrogen-bond acceptors (Lipinski definition) is 5. The Balaban J connectivity index is 1.69. The summed E-state index contributed by atoms with van der Waals surface area (Å²) in [6, 6.07) is 13.0. The monoisotopic (exact) mass is 575 g/mol. The van der Waals surface area contributed by atoms with Crippen molar-refractivity contribution in [3.8, 4) is 22.4 Å². The molecule has 0 aliphatic carbocycles. The summed E-state index contributed by atoms with van der Waals surface area (Å²) in [5.41, 5.74) is 4.41. The van der Waals surface area contributed by atoms with Gasteiger partial charge in [-0.25, -0.2) is 18.6 Å². The lowest BCUT2D eigenvalue weighted by molar-refractivity contribution is -0.164. The van der Waals surface area contributed by atoms with Gasteiger partial charge in [-0.05, 0) is 81.3 Å². The van der Waals surface area contributed by atoms with Gasteiger partial charge in [-0.15, -0.1) is 0 Å². The molecule has 1 atom stereocenters.